The molecule has 2 aromatic rings. The molecule has 23 heavy (non-hydrogen) atoms. The smallest absolute Gasteiger partial charge is 0.449 e. The number of hydrogen-bond acceptors (Lipinski definition) is 6. The maximum Gasteiger partial charge on any atom is 0.534 e. The third-order valence-electron chi connectivity index (χ3n) is 2.52. The minimum atomic E-state index is -5.97. The van der Waals surface area contributed by atoms with Crippen LogP contribution in [0.15, 0.2) is 18.2 Å². The van der Waals surface area contributed by atoms with Crippen LogP contribution in [0.4, 0.5) is 18.0 Å². The molecule has 2 rings (SSSR count). The molecule has 0 saturated carbocycles. The summed E-state index contributed by atoms with van der Waals surface area (Å²) >= 11 is 5.65. The van der Waals surface area contributed by atoms with E-state index in [1.807, 2.05) is 0 Å². The number of aromatic nitrogens is 2. The van der Waals surface area contributed by atoms with E-state index in [-0.39, 0.29) is 22.8 Å². The molecule has 0 amide bonds. The number of rotatable bonds is 3. The summed E-state index contributed by atoms with van der Waals surface area (Å²) in [5.74, 6) is -0.912. The van der Waals surface area contributed by atoms with Crippen LogP contribution in [0.1, 0.15) is 6.92 Å². The van der Waals surface area contributed by atoms with Gasteiger partial charge in [0.15, 0.2) is 0 Å². The fourth-order valence-corrected chi connectivity index (χ4v) is 2.23. The van der Waals surface area contributed by atoms with E-state index in [1.54, 1.807) is 0 Å². The zero-order chi connectivity index (χ0) is 17.4. The van der Waals surface area contributed by atoms with Crippen LogP contribution in [0.2, 0.25) is 5.15 Å². The molecule has 0 fully saturated rings. The highest BCUT2D eigenvalue weighted by Crippen LogP contribution is 2.31. The summed E-state index contributed by atoms with van der Waals surface area (Å²) < 4.78 is 68.8. The van der Waals surface area contributed by atoms with E-state index in [0.29, 0.717) is 4.57 Å². The Balaban J connectivity index is 2.63. The van der Waals surface area contributed by atoms with E-state index in [9.17, 15) is 26.4 Å². The molecular formula is C11H8ClF3N2O5S. The lowest BCUT2D eigenvalue weighted by Crippen LogP contribution is -2.29. The first kappa shape index (κ1) is 17.3. The average molecular weight is 373 g/mol. The lowest BCUT2D eigenvalue weighted by atomic mass is 10.4. The molecular weight excluding hydrogens is 365 g/mol. The van der Waals surface area contributed by atoms with Crippen LogP contribution in [-0.4, -0.2) is 36.2 Å². The Hall–Kier alpha value is -2.01. The highest BCUT2D eigenvalue weighted by atomic mass is 35.5. The Morgan fingerprint density at radius 2 is 2.04 bits per heavy atom. The molecule has 126 valence electrons. The quantitative estimate of drug-likeness (QED) is 0.467. The Kier molecular flexibility index (Phi) is 4.44. The third kappa shape index (κ3) is 3.34. The third-order valence-corrected chi connectivity index (χ3v) is 3.69. The minimum Gasteiger partial charge on any atom is -0.449 e. The van der Waals surface area contributed by atoms with Gasteiger partial charge in [0, 0.05) is 6.07 Å². The van der Waals surface area contributed by atoms with E-state index in [4.69, 9.17) is 11.6 Å². The van der Waals surface area contributed by atoms with Crippen molar-refractivity contribution in [3.05, 3.63) is 23.4 Å². The van der Waals surface area contributed by atoms with Gasteiger partial charge < -0.3 is 8.92 Å². The minimum absolute atomic E-state index is 0.0104. The number of alkyl halides is 3. The number of fused-ring (bicyclic) bond motifs is 1. The summed E-state index contributed by atoms with van der Waals surface area (Å²) in [6.45, 7) is 1.37. The molecule has 7 nitrogen and oxygen atoms in total. The van der Waals surface area contributed by atoms with Crippen molar-refractivity contribution in [2.24, 2.45) is 0 Å². The van der Waals surface area contributed by atoms with Gasteiger partial charge in [0.2, 0.25) is 5.88 Å². The molecule has 0 aromatic carbocycles. The monoisotopic (exact) mass is 372 g/mol. The van der Waals surface area contributed by atoms with Crippen molar-refractivity contribution in [3.8, 4) is 5.88 Å². The van der Waals surface area contributed by atoms with E-state index in [2.05, 4.69) is 13.9 Å². The second kappa shape index (κ2) is 5.89. The Labute approximate surface area is 132 Å². The number of pyridine rings is 1. The number of ether oxygens (including phenoxy) is 1. The van der Waals surface area contributed by atoms with Crippen LogP contribution in [0.3, 0.4) is 0 Å². The maximum absolute atomic E-state index is 12.4. The van der Waals surface area contributed by atoms with E-state index in [1.165, 1.54) is 19.1 Å². The zero-order valence-electron chi connectivity index (χ0n) is 11.3. The van der Waals surface area contributed by atoms with Gasteiger partial charge in [-0.3, -0.25) is 0 Å². The van der Waals surface area contributed by atoms with Gasteiger partial charge in [0.05, 0.1) is 17.6 Å². The molecule has 2 heterocycles. The van der Waals surface area contributed by atoms with Crippen LogP contribution < -0.4 is 4.18 Å². The lowest BCUT2D eigenvalue weighted by molar-refractivity contribution is -0.0502. The molecule has 0 aliphatic rings. The number of halogens is 4. The molecule has 0 aliphatic heterocycles. The van der Waals surface area contributed by atoms with Gasteiger partial charge >= 0.3 is 21.7 Å². The summed E-state index contributed by atoms with van der Waals surface area (Å²) in [7, 11) is -5.97. The van der Waals surface area contributed by atoms with E-state index in [0.717, 1.165) is 6.07 Å². The standard InChI is InChI=1S/C11H8ClF3N2O5S/c1-2-21-10(18)17-7-3-4-8(12)16-6(7)5-9(17)22-23(19,20)11(13,14)15/h3-5H,2H2,1H3. The van der Waals surface area contributed by atoms with Crippen molar-refractivity contribution in [1.29, 1.82) is 0 Å². The molecule has 0 spiro atoms. The molecule has 0 radical (unpaired) electrons. The van der Waals surface area contributed by atoms with Gasteiger partial charge in [0.25, 0.3) is 0 Å². The van der Waals surface area contributed by atoms with Crippen molar-refractivity contribution < 1.29 is 35.3 Å². The van der Waals surface area contributed by atoms with Gasteiger partial charge in [-0.1, -0.05) is 11.6 Å². The predicted octanol–water partition coefficient (Wildman–Crippen LogP) is 2.92. The SMILES string of the molecule is CCOC(=O)n1c(OS(=O)(=O)C(F)(F)F)cc2nc(Cl)ccc21. The summed E-state index contributed by atoms with van der Waals surface area (Å²) in [5, 5.41) is -0.0104. The lowest BCUT2D eigenvalue weighted by Gasteiger charge is -2.11. The van der Waals surface area contributed by atoms with Crippen LogP contribution in [0.25, 0.3) is 11.0 Å². The first-order chi connectivity index (χ1) is 10.6. The first-order valence-corrected chi connectivity index (χ1v) is 7.71. The summed E-state index contributed by atoms with van der Waals surface area (Å²) in [6.07, 6.45) is -1.13. The molecule has 2 aromatic heterocycles. The molecule has 0 N–H and O–H groups in total. The van der Waals surface area contributed by atoms with E-state index < -0.39 is 27.6 Å². The second-order valence-corrected chi connectivity index (χ2v) is 5.96. The zero-order valence-corrected chi connectivity index (χ0v) is 12.9. The molecule has 0 saturated heterocycles. The topological polar surface area (TPSA) is 87.5 Å². The molecule has 0 bridgehead atoms. The summed E-state index contributed by atoms with van der Waals surface area (Å²) in [5.41, 5.74) is -5.73. The van der Waals surface area contributed by atoms with Crippen LogP contribution >= 0.6 is 11.6 Å². The van der Waals surface area contributed by atoms with Gasteiger partial charge in [-0.05, 0) is 19.1 Å². The predicted molar refractivity (Wildman–Crippen MR) is 72.8 cm³/mol. The van der Waals surface area contributed by atoms with Gasteiger partial charge in [0.1, 0.15) is 5.15 Å². The molecule has 0 aliphatic carbocycles. The fourth-order valence-electron chi connectivity index (χ4n) is 1.64. The summed E-state index contributed by atoms with van der Waals surface area (Å²) in [6, 6.07) is 3.36. The van der Waals surface area contributed by atoms with E-state index >= 15 is 0 Å². The average Bonchev–Trinajstić information content (AvgIpc) is 2.73. The Bertz CT molecular complexity index is 862. The van der Waals surface area contributed by atoms with Crippen LogP contribution in [0.5, 0.6) is 5.88 Å². The second-order valence-electron chi connectivity index (χ2n) is 4.04. The normalized spacial score (nSPS) is 12.4. The van der Waals surface area contributed by atoms with Gasteiger partial charge in [-0.2, -0.15) is 21.6 Å². The van der Waals surface area contributed by atoms with Crippen LogP contribution in [-0.2, 0) is 14.9 Å². The molecule has 12 heteroatoms. The Morgan fingerprint density at radius 3 is 2.61 bits per heavy atom. The van der Waals surface area contributed by atoms with Gasteiger partial charge in [-0.15, -0.1) is 0 Å². The van der Waals surface area contributed by atoms with Crippen molar-refractivity contribution in [2.45, 2.75) is 12.4 Å². The maximum atomic E-state index is 12.4. The first-order valence-electron chi connectivity index (χ1n) is 5.92. The highest BCUT2D eigenvalue weighted by Gasteiger charge is 2.49. The number of carbonyl (C=O) groups is 1. The van der Waals surface area contributed by atoms with Crippen LogP contribution in [0, 0.1) is 0 Å². The molecule has 0 atom stereocenters. The summed E-state index contributed by atoms with van der Waals surface area (Å²) in [4.78, 5) is 15.7. The Morgan fingerprint density at radius 1 is 1.39 bits per heavy atom. The molecule has 0 unspecified atom stereocenters. The van der Waals surface area contributed by atoms with Gasteiger partial charge in [-0.25, -0.2) is 14.3 Å². The van der Waals surface area contributed by atoms with Crippen molar-refractivity contribution in [2.75, 3.05) is 6.61 Å². The highest BCUT2D eigenvalue weighted by molar-refractivity contribution is 7.87. The van der Waals surface area contributed by atoms with Crippen molar-refractivity contribution >= 4 is 38.8 Å². The number of carbonyl (C=O) groups excluding carboxylic acids is 1. The van der Waals surface area contributed by atoms with Crippen molar-refractivity contribution in [3.63, 3.8) is 0 Å². The fraction of sp³-hybridized carbons (Fsp3) is 0.273. The number of nitrogens with zero attached hydrogens (tertiary/aromatic N) is 2. The number of hydrogen-bond donors (Lipinski definition) is 0. The van der Waals surface area contributed by atoms with Crippen molar-refractivity contribution in [1.82, 2.24) is 9.55 Å². The largest absolute Gasteiger partial charge is 0.534 e.